The second kappa shape index (κ2) is 6.38. The molecule has 0 radical (unpaired) electrons. The molecule has 0 saturated carbocycles. The average Bonchev–Trinajstić information content (AvgIpc) is 2.31. The van der Waals surface area contributed by atoms with E-state index in [1.807, 2.05) is 32.7 Å². The first-order valence-corrected chi connectivity index (χ1v) is 6.52. The highest BCUT2D eigenvalue weighted by molar-refractivity contribution is 5.75. The van der Waals surface area contributed by atoms with Gasteiger partial charge in [-0.3, -0.25) is 0 Å². The molecule has 5 heteroatoms. The summed E-state index contributed by atoms with van der Waals surface area (Å²) in [6.45, 7) is 8.72. The van der Waals surface area contributed by atoms with Gasteiger partial charge in [-0.05, 0) is 27.2 Å². The molecular weight excluding hydrogens is 232 g/mol. The van der Waals surface area contributed by atoms with Gasteiger partial charge in [0.15, 0.2) is 0 Å². The molecule has 1 atom stereocenters. The minimum atomic E-state index is -0.237. The van der Waals surface area contributed by atoms with Crippen molar-refractivity contribution < 1.29 is 14.3 Å². The lowest BCUT2D eigenvalue weighted by atomic mass is 10.0. The summed E-state index contributed by atoms with van der Waals surface area (Å²) in [6, 6.07) is 0.0752. The van der Waals surface area contributed by atoms with Crippen molar-refractivity contribution in [2.45, 2.75) is 38.8 Å². The standard InChI is InChI=1S/C13H26N2O3/c1-11-9-15(13(2,3)10-18-11)12(16)14(4)7-6-8-17-5/h11H,6-10H2,1-5H3. The number of nitrogens with zero attached hydrogens (tertiary/aromatic N) is 2. The van der Waals surface area contributed by atoms with Gasteiger partial charge in [-0.15, -0.1) is 0 Å². The fourth-order valence-corrected chi connectivity index (χ4v) is 2.07. The van der Waals surface area contributed by atoms with E-state index in [0.717, 1.165) is 6.42 Å². The monoisotopic (exact) mass is 258 g/mol. The lowest BCUT2D eigenvalue weighted by molar-refractivity contribution is -0.0750. The third-order valence-electron chi connectivity index (χ3n) is 3.29. The molecule has 1 aliphatic rings. The zero-order valence-corrected chi connectivity index (χ0v) is 12.2. The summed E-state index contributed by atoms with van der Waals surface area (Å²) < 4.78 is 10.6. The molecule has 2 amide bonds. The van der Waals surface area contributed by atoms with E-state index in [9.17, 15) is 4.79 Å². The second-order valence-electron chi connectivity index (χ2n) is 5.60. The van der Waals surface area contributed by atoms with E-state index in [-0.39, 0.29) is 17.7 Å². The van der Waals surface area contributed by atoms with Crippen molar-refractivity contribution in [1.82, 2.24) is 9.80 Å². The van der Waals surface area contributed by atoms with Crippen molar-refractivity contribution >= 4 is 6.03 Å². The molecular formula is C13H26N2O3. The van der Waals surface area contributed by atoms with Crippen LogP contribution < -0.4 is 0 Å². The van der Waals surface area contributed by atoms with Gasteiger partial charge in [-0.1, -0.05) is 0 Å². The van der Waals surface area contributed by atoms with Crippen LogP contribution in [0.5, 0.6) is 0 Å². The van der Waals surface area contributed by atoms with Gasteiger partial charge in [0.05, 0.1) is 18.2 Å². The van der Waals surface area contributed by atoms with Gasteiger partial charge in [-0.2, -0.15) is 0 Å². The molecule has 1 rings (SSSR count). The van der Waals surface area contributed by atoms with Crippen molar-refractivity contribution in [2.24, 2.45) is 0 Å². The summed E-state index contributed by atoms with van der Waals surface area (Å²) in [7, 11) is 3.52. The number of carbonyl (C=O) groups excluding carboxylic acids is 1. The van der Waals surface area contributed by atoms with E-state index in [1.54, 1.807) is 12.0 Å². The van der Waals surface area contributed by atoms with Gasteiger partial charge in [-0.25, -0.2) is 4.79 Å². The highest BCUT2D eigenvalue weighted by Gasteiger charge is 2.37. The minimum absolute atomic E-state index is 0.0752. The molecule has 0 aromatic carbocycles. The summed E-state index contributed by atoms with van der Waals surface area (Å²) in [5, 5.41) is 0. The predicted molar refractivity (Wildman–Crippen MR) is 70.7 cm³/mol. The summed E-state index contributed by atoms with van der Waals surface area (Å²) in [6.07, 6.45) is 0.966. The molecule has 1 aliphatic heterocycles. The van der Waals surface area contributed by atoms with Gasteiger partial charge in [0.25, 0.3) is 0 Å². The molecule has 106 valence electrons. The van der Waals surface area contributed by atoms with Crippen LogP contribution in [0.2, 0.25) is 0 Å². The van der Waals surface area contributed by atoms with Crippen molar-refractivity contribution in [3.05, 3.63) is 0 Å². The molecule has 1 heterocycles. The van der Waals surface area contributed by atoms with Crippen LogP contribution in [-0.2, 0) is 9.47 Å². The van der Waals surface area contributed by atoms with Crippen LogP contribution in [0, 0.1) is 0 Å². The van der Waals surface area contributed by atoms with E-state index in [2.05, 4.69) is 0 Å². The van der Waals surface area contributed by atoms with Gasteiger partial charge >= 0.3 is 6.03 Å². The van der Waals surface area contributed by atoms with E-state index in [4.69, 9.17) is 9.47 Å². The molecule has 0 aromatic heterocycles. The highest BCUT2D eigenvalue weighted by atomic mass is 16.5. The summed E-state index contributed by atoms with van der Waals surface area (Å²) in [4.78, 5) is 16.1. The Hall–Kier alpha value is -0.810. The first-order valence-electron chi connectivity index (χ1n) is 6.52. The van der Waals surface area contributed by atoms with Crippen LogP contribution in [0.3, 0.4) is 0 Å². The largest absolute Gasteiger partial charge is 0.385 e. The zero-order chi connectivity index (χ0) is 13.8. The first-order chi connectivity index (χ1) is 8.38. The predicted octanol–water partition coefficient (Wildman–Crippen LogP) is 1.57. The van der Waals surface area contributed by atoms with Gasteiger partial charge < -0.3 is 19.3 Å². The Bertz CT molecular complexity index is 281. The Morgan fingerprint density at radius 3 is 2.83 bits per heavy atom. The third kappa shape index (κ3) is 3.85. The van der Waals surface area contributed by atoms with Crippen LogP contribution in [0.4, 0.5) is 4.79 Å². The van der Waals surface area contributed by atoms with Gasteiger partial charge in [0.1, 0.15) is 0 Å². The van der Waals surface area contributed by atoms with Crippen LogP contribution >= 0.6 is 0 Å². The van der Waals surface area contributed by atoms with Crippen LogP contribution in [0.1, 0.15) is 27.2 Å². The maximum Gasteiger partial charge on any atom is 0.320 e. The number of methoxy groups -OCH3 is 1. The Kier molecular flexibility index (Phi) is 5.41. The summed E-state index contributed by atoms with van der Waals surface area (Å²) in [5.41, 5.74) is -0.237. The van der Waals surface area contributed by atoms with E-state index in [1.165, 1.54) is 0 Å². The quantitative estimate of drug-likeness (QED) is 0.719. The summed E-state index contributed by atoms with van der Waals surface area (Å²) >= 11 is 0. The van der Waals surface area contributed by atoms with Crippen molar-refractivity contribution in [1.29, 1.82) is 0 Å². The first kappa shape index (κ1) is 15.2. The SMILES string of the molecule is COCCCN(C)C(=O)N1CC(C)OCC1(C)C. The van der Waals surface area contributed by atoms with Crippen LogP contribution in [0.25, 0.3) is 0 Å². The molecule has 18 heavy (non-hydrogen) atoms. The molecule has 1 saturated heterocycles. The number of urea groups is 1. The number of morpholine rings is 1. The third-order valence-corrected chi connectivity index (χ3v) is 3.29. The highest BCUT2D eigenvalue weighted by Crippen LogP contribution is 2.23. The minimum Gasteiger partial charge on any atom is -0.385 e. The fourth-order valence-electron chi connectivity index (χ4n) is 2.07. The van der Waals surface area contributed by atoms with E-state index in [0.29, 0.717) is 26.3 Å². The molecule has 0 aliphatic carbocycles. The van der Waals surface area contributed by atoms with Crippen molar-refractivity contribution in [3.63, 3.8) is 0 Å². The maximum absolute atomic E-state index is 12.4. The number of hydrogen-bond acceptors (Lipinski definition) is 3. The topological polar surface area (TPSA) is 42.0 Å². The molecule has 0 N–H and O–H groups in total. The van der Waals surface area contributed by atoms with E-state index >= 15 is 0 Å². The second-order valence-corrected chi connectivity index (χ2v) is 5.60. The lowest BCUT2D eigenvalue weighted by Gasteiger charge is -2.45. The number of ether oxygens (including phenoxy) is 2. The summed E-state index contributed by atoms with van der Waals surface area (Å²) in [5.74, 6) is 0. The molecule has 1 fully saturated rings. The Morgan fingerprint density at radius 2 is 2.22 bits per heavy atom. The number of rotatable bonds is 4. The van der Waals surface area contributed by atoms with Crippen molar-refractivity contribution in [2.75, 3.05) is 40.5 Å². The number of carbonyl (C=O) groups is 1. The maximum atomic E-state index is 12.4. The molecule has 0 aromatic rings. The smallest absolute Gasteiger partial charge is 0.320 e. The van der Waals surface area contributed by atoms with Gasteiger partial charge in [0, 0.05) is 33.9 Å². The fraction of sp³-hybridized carbons (Fsp3) is 0.923. The lowest BCUT2D eigenvalue weighted by Crippen LogP contribution is -2.60. The molecule has 0 bridgehead atoms. The molecule has 5 nitrogen and oxygen atoms in total. The van der Waals surface area contributed by atoms with Crippen LogP contribution in [-0.4, -0.2) is 67.9 Å². The number of amides is 2. The van der Waals surface area contributed by atoms with Gasteiger partial charge in [0.2, 0.25) is 0 Å². The Morgan fingerprint density at radius 1 is 1.56 bits per heavy atom. The Labute approximate surface area is 110 Å². The Balaban J connectivity index is 2.57. The number of hydrogen-bond donors (Lipinski definition) is 0. The van der Waals surface area contributed by atoms with Crippen LogP contribution in [0.15, 0.2) is 0 Å². The average molecular weight is 258 g/mol. The van der Waals surface area contributed by atoms with Crippen molar-refractivity contribution in [3.8, 4) is 0 Å². The normalized spacial score (nSPS) is 22.9. The zero-order valence-electron chi connectivity index (χ0n) is 12.2. The molecule has 0 spiro atoms. The van der Waals surface area contributed by atoms with E-state index < -0.39 is 0 Å². The molecule has 1 unspecified atom stereocenters.